The Morgan fingerprint density at radius 2 is 0.833 bits per heavy atom. The van der Waals surface area contributed by atoms with Crippen molar-refractivity contribution in [2.45, 2.75) is 0 Å². The number of furan rings is 2. The zero-order valence-corrected chi connectivity index (χ0v) is 29.1. The summed E-state index contributed by atoms with van der Waals surface area (Å²) in [5.74, 6) is 0. The van der Waals surface area contributed by atoms with Gasteiger partial charge in [0, 0.05) is 32.3 Å². The smallest absolute Gasteiger partial charge is 0.143 e. The van der Waals surface area contributed by atoms with Crippen LogP contribution in [0.25, 0.3) is 120 Å². The first-order chi connectivity index (χ1) is 26.8. The Hall–Kier alpha value is -7.16. The molecule has 0 bridgehead atoms. The number of rotatable bonds is 3. The molecule has 0 unspecified atom stereocenters. The second-order valence-electron chi connectivity index (χ2n) is 14.3. The van der Waals surface area contributed by atoms with Gasteiger partial charge >= 0.3 is 0 Å². The minimum Gasteiger partial charge on any atom is -0.456 e. The molecule has 12 aromatic rings. The van der Waals surface area contributed by atoms with E-state index in [1.807, 2.05) is 6.07 Å². The molecule has 2 aromatic heterocycles. The van der Waals surface area contributed by atoms with Crippen molar-refractivity contribution in [1.29, 1.82) is 0 Å². The summed E-state index contributed by atoms with van der Waals surface area (Å²) in [5.41, 5.74) is 10.9. The first kappa shape index (κ1) is 29.4. The predicted molar refractivity (Wildman–Crippen MR) is 227 cm³/mol. The molecule has 0 saturated carbocycles. The summed E-state index contributed by atoms with van der Waals surface area (Å²) in [4.78, 5) is 0. The normalized spacial score (nSPS) is 12.1. The molecule has 250 valence electrons. The molecule has 0 aliphatic rings. The molecule has 0 radical (unpaired) electrons. The highest BCUT2D eigenvalue weighted by molar-refractivity contribution is 6.26. The van der Waals surface area contributed by atoms with Crippen LogP contribution in [0.1, 0.15) is 0 Å². The number of hydrogen-bond donors (Lipinski definition) is 0. The van der Waals surface area contributed by atoms with E-state index in [0.29, 0.717) is 0 Å². The van der Waals surface area contributed by atoms with E-state index in [0.717, 1.165) is 54.6 Å². The van der Waals surface area contributed by atoms with E-state index < -0.39 is 0 Å². The van der Waals surface area contributed by atoms with E-state index in [2.05, 4.69) is 176 Å². The fourth-order valence-electron chi connectivity index (χ4n) is 9.12. The molecule has 2 heteroatoms. The molecule has 10 aromatic carbocycles. The van der Waals surface area contributed by atoms with Gasteiger partial charge in [-0.25, -0.2) is 0 Å². The molecule has 0 amide bonds. The van der Waals surface area contributed by atoms with Gasteiger partial charge < -0.3 is 8.83 Å². The minimum absolute atomic E-state index is 0.904. The average molecular weight is 687 g/mol. The number of para-hydroxylation sites is 1. The quantitative estimate of drug-likeness (QED) is 0.173. The maximum atomic E-state index is 6.75. The van der Waals surface area contributed by atoms with Gasteiger partial charge in [0.1, 0.15) is 22.3 Å². The standard InChI is InChI=1S/C52H30O2/c1-2-16-34-31(13-1)27-28-41-45-30-44(35-17-3-8-22-40(35)52(45)54-51(34)41)32-14-11-15-33(29-32)48-36-18-4-6-20-38(36)49(39-21-7-5-19-37(39)48)43-24-12-26-47-50(43)42-23-9-10-25-46(42)53-47/h1-30H. The van der Waals surface area contributed by atoms with Crippen LogP contribution in [-0.4, -0.2) is 0 Å². The van der Waals surface area contributed by atoms with Gasteiger partial charge in [0.15, 0.2) is 0 Å². The van der Waals surface area contributed by atoms with Crippen molar-refractivity contribution in [1.82, 2.24) is 0 Å². The molecule has 0 atom stereocenters. The van der Waals surface area contributed by atoms with Crippen LogP contribution in [-0.2, 0) is 0 Å². The van der Waals surface area contributed by atoms with Gasteiger partial charge in [-0.05, 0) is 96.0 Å². The van der Waals surface area contributed by atoms with Crippen LogP contribution in [0.2, 0.25) is 0 Å². The lowest BCUT2D eigenvalue weighted by Gasteiger charge is -2.19. The van der Waals surface area contributed by atoms with Crippen molar-refractivity contribution in [3.8, 4) is 33.4 Å². The molecule has 0 spiro atoms. The highest BCUT2D eigenvalue weighted by Crippen LogP contribution is 2.48. The van der Waals surface area contributed by atoms with Crippen molar-refractivity contribution in [3.63, 3.8) is 0 Å². The number of hydrogen-bond acceptors (Lipinski definition) is 2. The Labute approximate surface area is 310 Å². The second kappa shape index (κ2) is 11.2. The minimum atomic E-state index is 0.904. The molecule has 12 rings (SSSR count). The highest BCUT2D eigenvalue weighted by atomic mass is 16.3. The van der Waals surface area contributed by atoms with Crippen LogP contribution in [0.5, 0.6) is 0 Å². The van der Waals surface area contributed by atoms with Crippen LogP contribution in [0.4, 0.5) is 0 Å². The maximum absolute atomic E-state index is 6.75. The van der Waals surface area contributed by atoms with Crippen molar-refractivity contribution in [3.05, 3.63) is 182 Å². The zero-order chi connectivity index (χ0) is 35.3. The van der Waals surface area contributed by atoms with Crippen LogP contribution in [0.3, 0.4) is 0 Å². The predicted octanol–water partition coefficient (Wildman–Crippen LogP) is 15.1. The summed E-state index contributed by atoms with van der Waals surface area (Å²) in [5, 5.41) is 14.1. The van der Waals surface area contributed by atoms with Crippen LogP contribution < -0.4 is 0 Å². The van der Waals surface area contributed by atoms with Crippen LogP contribution in [0.15, 0.2) is 191 Å². The summed E-state index contributed by atoms with van der Waals surface area (Å²) in [7, 11) is 0. The lowest BCUT2D eigenvalue weighted by atomic mass is 9.84. The first-order valence-electron chi connectivity index (χ1n) is 18.5. The van der Waals surface area contributed by atoms with E-state index in [9.17, 15) is 0 Å². The number of fused-ring (bicyclic) bond motifs is 12. The van der Waals surface area contributed by atoms with E-state index >= 15 is 0 Å². The zero-order valence-electron chi connectivity index (χ0n) is 29.1. The Balaban J connectivity index is 1.13. The first-order valence-corrected chi connectivity index (χ1v) is 18.5. The van der Waals surface area contributed by atoms with Gasteiger partial charge in [-0.2, -0.15) is 0 Å². The van der Waals surface area contributed by atoms with E-state index in [1.54, 1.807) is 0 Å². The fraction of sp³-hybridized carbons (Fsp3) is 0. The fourth-order valence-corrected chi connectivity index (χ4v) is 9.12. The van der Waals surface area contributed by atoms with Gasteiger partial charge in [0.2, 0.25) is 0 Å². The maximum Gasteiger partial charge on any atom is 0.143 e. The summed E-state index contributed by atoms with van der Waals surface area (Å²) >= 11 is 0. The largest absolute Gasteiger partial charge is 0.456 e. The summed E-state index contributed by atoms with van der Waals surface area (Å²) in [6.07, 6.45) is 0. The Morgan fingerprint density at radius 1 is 0.278 bits per heavy atom. The molecule has 0 N–H and O–H groups in total. The second-order valence-corrected chi connectivity index (χ2v) is 14.3. The molecule has 54 heavy (non-hydrogen) atoms. The van der Waals surface area contributed by atoms with E-state index in [4.69, 9.17) is 8.83 Å². The molecule has 0 fully saturated rings. The topological polar surface area (TPSA) is 26.3 Å². The monoisotopic (exact) mass is 686 g/mol. The van der Waals surface area contributed by atoms with Gasteiger partial charge in [-0.3, -0.25) is 0 Å². The third kappa shape index (κ3) is 4.11. The van der Waals surface area contributed by atoms with E-state index in [-0.39, 0.29) is 0 Å². The molecular weight excluding hydrogens is 657 g/mol. The third-order valence-corrected chi connectivity index (χ3v) is 11.4. The molecule has 2 nitrogen and oxygen atoms in total. The van der Waals surface area contributed by atoms with Crippen molar-refractivity contribution in [2.75, 3.05) is 0 Å². The molecule has 2 heterocycles. The highest BCUT2D eigenvalue weighted by Gasteiger charge is 2.21. The van der Waals surface area contributed by atoms with E-state index in [1.165, 1.54) is 65.7 Å². The SMILES string of the molecule is c1cc(-c2c3ccccc3c(-c3cccc4oc5ccccc5c34)c3ccccc23)cc(-c2cc3c4ccc5ccccc5c4oc3c3ccccc23)c1. The Morgan fingerprint density at radius 3 is 1.61 bits per heavy atom. The average Bonchev–Trinajstić information content (AvgIpc) is 3.82. The van der Waals surface area contributed by atoms with Gasteiger partial charge in [0.25, 0.3) is 0 Å². The van der Waals surface area contributed by atoms with Crippen LogP contribution >= 0.6 is 0 Å². The lowest BCUT2D eigenvalue weighted by molar-refractivity contribution is 0.669. The van der Waals surface area contributed by atoms with Gasteiger partial charge in [-0.15, -0.1) is 0 Å². The van der Waals surface area contributed by atoms with Gasteiger partial charge in [0.05, 0.1) is 0 Å². The Bertz CT molecular complexity index is 3450. The lowest BCUT2D eigenvalue weighted by Crippen LogP contribution is -1.92. The van der Waals surface area contributed by atoms with Crippen molar-refractivity contribution in [2.24, 2.45) is 0 Å². The molecular formula is C52H30O2. The Kier molecular flexibility index (Phi) is 6.09. The summed E-state index contributed by atoms with van der Waals surface area (Å²) < 4.78 is 13.1. The number of benzene rings is 10. The summed E-state index contributed by atoms with van der Waals surface area (Å²) in [6.45, 7) is 0. The van der Waals surface area contributed by atoms with Gasteiger partial charge in [-0.1, -0.05) is 152 Å². The molecule has 0 saturated heterocycles. The molecule has 0 aliphatic heterocycles. The van der Waals surface area contributed by atoms with Crippen LogP contribution in [0, 0.1) is 0 Å². The third-order valence-electron chi connectivity index (χ3n) is 11.4. The van der Waals surface area contributed by atoms with Crippen molar-refractivity contribution >= 4 is 87.0 Å². The van der Waals surface area contributed by atoms with Crippen molar-refractivity contribution < 1.29 is 8.83 Å². The molecule has 0 aliphatic carbocycles. The summed E-state index contributed by atoms with van der Waals surface area (Å²) in [6, 6.07) is 65.6.